The first-order valence-corrected chi connectivity index (χ1v) is 8.17. The quantitative estimate of drug-likeness (QED) is 0.918. The summed E-state index contributed by atoms with van der Waals surface area (Å²) in [5, 5.41) is 9.46. The summed E-state index contributed by atoms with van der Waals surface area (Å²) in [4.78, 5) is 21.3. The Labute approximate surface area is 136 Å². The number of aromatic nitrogens is 2. The third-order valence-electron chi connectivity index (χ3n) is 4.46. The van der Waals surface area contributed by atoms with Crippen LogP contribution in [0.3, 0.4) is 0 Å². The van der Waals surface area contributed by atoms with Gasteiger partial charge in [0.1, 0.15) is 6.04 Å². The molecule has 1 saturated heterocycles. The van der Waals surface area contributed by atoms with Gasteiger partial charge in [0.15, 0.2) is 0 Å². The SMILES string of the molecule is C[C@H](C(=O)N1CCN(C[C@@H](C)O)CC1)n1cnc2ccccc21. The van der Waals surface area contributed by atoms with Crippen molar-refractivity contribution in [3.05, 3.63) is 30.6 Å². The molecule has 2 aromatic rings. The molecule has 0 radical (unpaired) electrons. The van der Waals surface area contributed by atoms with Gasteiger partial charge < -0.3 is 14.6 Å². The molecule has 0 spiro atoms. The molecule has 1 amide bonds. The maximum Gasteiger partial charge on any atom is 0.245 e. The monoisotopic (exact) mass is 316 g/mol. The molecule has 0 unspecified atom stereocenters. The van der Waals surface area contributed by atoms with Gasteiger partial charge in [0, 0.05) is 32.7 Å². The summed E-state index contributed by atoms with van der Waals surface area (Å²) < 4.78 is 1.94. The van der Waals surface area contributed by atoms with Gasteiger partial charge >= 0.3 is 0 Å². The Hall–Kier alpha value is -1.92. The molecule has 1 aliphatic rings. The number of imidazole rings is 1. The molecule has 2 heterocycles. The van der Waals surface area contributed by atoms with Crippen LogP contribution < -0.4 is 0 Å². The molecule has 0 bridgehead atoms. The Morgan fingerprint density at radius 3 is 2.61 bits per heavy atom. The molecule has 1 aromatic heterocycles. The third-order valence-corrected chi connectivity index (χ3v) is 4.46. The molecule has 124 valence electrons. The maximum atomic E-state index is 12.8. The number of benzene rings is 1. The first-order valence-electron chi connectivity index (χ1n) is 8.17. The number of nitrogens with zero attached hydrogens (tertiary/aromatic N) is 4. The first kappa shape index (κ1) is 16.0. The molecule has 0 aliphatic carbocycles. The van der Waals surface area contributed by atoms with E-state index >= 15 is 0 Å². The number of para-hydroxylation sites is 2. The summed E-state index contributed by atoms with van der Waals surface area (Å²) in [6.07, 6.45) is 1.42. The third kappa shape index (κ3) is 3.38. The molecule has 1 aliphatic heterocycles. The highest BCUT2D eigenvalue weighted by Gasteiger charge is 2.26. The van der Waals surface area contributed by atoms with E-state index in [1.165, 1.54) is 0 Å². The fraction of sp³-hybridized carbons (Fsp3) is 0.529. The Bertz CT molecular complexity index is 674. The molecule has 1 aromatic carbocycles. The van der Waals surface area contributed by atoms with Crippen molar-refractivity contribution in [2.24, 2.45) is 0 Å². The van der Waals surface area contributed by atoms with Gasteiger partial charge in [-0.05, 0) is 26.0 Å². The molecule has 1 N–H and O–H groups in total. The molecule has 2 atom stereocenters. The van der Waals surface area contributed by atoms with Crippen LogP contribution in [-0.2, 0) is 4.79 Å². The Balaban J connectivity index is 1.66. The minimum atomic E-state index is -0.325. The van der Waals surface area contributed by atoms with E-state index in [9.17, 15) is 9.90 Å². The van der Waals surface area contributed by atoms with Crippen molar-refractivity contribution in [2.45, 2.75) is 26.0 Å². The number of β-amino-alcohol motifs (C(OH)–C–C–N with tert-alkyl or cyclic N) is 1. The molecule has 1 fully saturated rings. The van der Waals surface area contributed by atoms with Crippen LogP contribution in [0.15, 0.2) is 30.6 Å². The molecule has 0 saturated carbocycles. The average Bonchev–Trinajstić information content (AvgIpc) is 2.97. The largest absolute Gasteiger partial charge is 0.392 e. The highest BCUT2D eigenvalue weighted by Crippen LogP contribution is 2.19. The molecule has 23 heavy (non-hydrogen) atoms. The van der Waals surface area contributed by atoms with Gasteiger partial charge in [-0.2, -0.15) is 0 Å². The topological polar surface area (TPSA) is 61.6 Å². The zero-order valence-corrected chi connectivity index (χ0v) is 13.7. The van der Waals surface area contributed by atoms with E-state index in [4.69, 9.17) is 0 Å². The fourth-order valence-electron chi connectivity index (χ4n) is 3.19. The van der Waals surface area contributed by atoms with E-state index in [0.29, 0.717) is 19.6 Å². The van der Waals surface area contributed by atoms with Crippen LogP contribution in [0.25, 0.3) is 11.0 Å². The number of aliphatic hydroxyl groups excluding tert-OH is 1. The van der Waals surface area contributed by atoms with Crippen LogP contribution in [-0.4, -0.2) is 69.2 Å². The smallest absolute Gasteiger partial charge is 0.245 e. The van der Waals surface area contributed by atoms with E-state index < -0.39 is 0 Å². The van der Waals surface area contributed by atoms with Crippen molar-refractivity contribution in [3.63, 3.8) is 0 Å². The zero-order chi connectivity index (χ0) is 16.4. The summed E-state index contributed by atoms with van der Waals surface area (Å²) in [5.41, 5.74) is 1.90. The summed E-state index contributed by atoms with van der Waals surface area (Å²) in [6.45, 7) is 7.44. The lowest BCUT2D eigenvalue weighted by molar-refractivity contribution is -0.136. The van der Waals surface area contributed by atoms with Crippen LogP contribution >= 0.6 is 0 Å². The van der Waals surface area contributed by atoms with E-state index in [1.807, 2.05) is 40.7 Å². The number of carbonyl (C=O) groups excluding carboxylic acids is 1. The molecule has 6 nitrogen and oxygen atoms in total. The lowest BCUT2D eigenvalue weighted by Gasteiger charge is -2.36. The number of hydrogen-bond donors (Lipinski definition) is 1. The number of hydrogen-bond acceptors (Lipinski definition) is 4. The predicted molar refractivity (Wildman–Crippen MR) is 89.1 cm³/mol. The van der Waals surface area contributed by atoms with Gasteiger partial charge in [-0.1, -0.05) is 12.1 Å². The van der Waals surface area contributed by atoms with E-state index in [0.717, 1.165) is 24.1 Å². The van der Waals surface area contributed by atoms with E-state index in [-0.39, 0.29) is 18.1 Å². The second kappa shape index (κ2) is 6.68. The van der Waals surface area contributed by atoms with E-state index in [1.54, 1.807) is 13.3 Å². The summed E-state index contributed by atoms with van der Waals surface area (Å²) in [7, 11) is 0. The normalized spacial score (nSPS) is 19.0. The average molecular weight is 316 g/mol. The van der Waals surface area contributed by atoms with Crippen molar-refractivity contribution in [1.82, 2.24) is 19.4 Å². The standard InChI is InChI=1S/C17H24N4O2/c1-13(22)11-19-7-9-20(10-8-19)17(23)14(2)21-12-18-15-5-3-4-6-16(15)21/h3-6,12-14,22H,7-11H2,1-2H3/t13-,14-/m1/s1. The van der Waals surface area contributed by atoms with Crippen molar-refractivity contribution in [3.8, 4) is 0 Å². The van der Waals surface area contributed by atoms with Gasteiger partial charge in [0.25, 0.3) is 0 Å². The number of piperazine rings is 1. The fourth-order valence-corrected chi connectivity index (χ4v) is 3.19. The van der Waals surface area contributed by atoms with Gasteiger partial charge in [0.05, 0.1) is 23.5 Å². The van der Waals surface area contributed by atoms with Crippen LogP contribution in [0, 0.1) is 0 Å². The number of fused-ring (bicyclic) bond motifs is 1. The molecular formula is C17H24N4O2. The second-order valence-electron chi connectivity index (χ2n) is 6.29. The van der Waals surface area contributed by atoms with Crippen LogP contribution in [0.5, 0.6) is 0 Å². The van der Waals surface area contributed by atoms with Gasteiger partial charge in [-0.3, -0.25) is 9.69 Å². The van der Waals surface area contributed by atoms with Gasteiger partial charge in [-0.25, -0.2) is 4.98 Å². The Morgan fingerprint density at radius 2 is 1.91 bits per heavy atom. The summed E-state index contributed by atoms with van der Waals surface area (Å²) in [5.74, 6) is 0.129. The van der Waals surface area contributed by atoms with Gasteiger partial charge in [0.2, 0.25) is 5.91 Å². The summed E-state index contributed by atoms with van der Waals surface area (Å²) >= 11 is 0. The molecular weight excluding hydrogens is 292 g/mol. The van der Waals surface area contributed by atoms with Crippen LogP contribution in [0.2, 0.25) is 0 Å². The molecule has 6 heteroatoms. The number of rotatable bonds is 4. The predicted octanol–water partition coefficient (Wildman–Crippen LogP) is 1.12. The minimum Gasteiger partial charge on any atom is -0.392 e. The molecule has 3 rings (SSSR count). The van der Waals surface area contributed by atoms with Crippen LogP contribution in [0.1, 0.15) is 19.9 Å². The van der Waals surface area contributed by atoms with E-state index in [2.05, 4.69) is 9.88 Å². The van der Waals surface area contributed by atoms with Crippen molar-refractivity contribution in [2.75, 3.05) is 32.7 Å². The summed E-state index contributed by atoms with van der Waals surface area (Å²) in [6, 6.07) is 7.61. The lowest BCUT2D eigenvalue weighted by atomic mass is 10.2. The Morgan fingerprint density at radius 1 is 1.22 bits per heavy atom. The highest BCUT2D eigenvalue weighted by atomic mass is 16.3. The van der Waals surface area contributed by atoms with Crippen molar-refractivity contribution >= 4 is 16.9 Å². The van der Waals surface area contributed by atoms with Crippen molar-refractivity contribution < 1.29 is 9.90 Å². The number of aliphatic hydroxyl groups is 1. The number of amides is 1. The minimum absolute atomic E-state index is 0.129. The first-order chi connectivity index (χ1) is 11.1. The highest BCUT2D eigenvalue weighted by molar-refractivity contribution is 5.83. The Kier molecular flexibility index (Phi) is 4.63. The van der Waals surface area contributed by atoms with Crippen molar-refractivity contribution in [1.29, 1.82) is 0 Å². The lowest BCUT2D eigenvalue weighted by Crippen LogP contribution is -2.51. The zero-order valence-electron chi connectivity index (χ0n) is 13.7. The van der Waals surface area contributed by atoms with Crippen LogP contribution in [0.4, 0.5) is 0 Å². The van der Waals surface area contributed by atoms with Gasteiger partial charge in [-0.15, -0.1) is 0 Å². The second-order valence-corrected chi connectivity index (χ2v) is 6.29. The maximum absolute atomic E-state index is 12.8. The number of carbonyl (C=O) groups is 1.